The van der Waals surface area contributed by atoms with Gasteiger partial charge in [-0.15, -0.1) is 0 Å². The van der Waals surface area contributed by atoms with Crippen LogP contribution in [-0.2, 0) is 0 Å². The van der Waals surface area contributed by atoms with E-state index in [1.807, 2.05) is 31.2 Å². The first-order valence-electron chi connectivity index (χ1n) is 4.62. The predicted octanol–water partition coefficient (Wildman–Crippen LogP) is 2.27. The van der Waals surface area contributed by atoms with Crippen LogP contribution in [0.5, 0.6) is 0 Å². The number of aromatic nitrogens is 2. The molecule has 4 heteroatoms. The number of hydrogen-bond acceptors (Lipinski definition) is 2. The summed E-state index contributed by atoms with van der Waals surface area (Å²) in [5, 5.41) is 2.77. The molecule has 0 radical (unpaired) electrons. The molecule has 1 heterocycles. The Bertz CT molecular complexity index is 462. The third kappa shape index (κ3) is 2.22. The Morgan fingerprint density at radius 3 is 3.00 bits per heavy atom. The molecule has 15 heavy (non-hydrogen) atoms. The molecule has 0 aliphatic carbocycles. The Morgan fingerprint density at radius 1 is 1.47 bits per heavy atom. The molecular weight excluding hydrogens is 190 g/mol. The molecule has 76 valence electrons. The second-order valence-electron chi connectivity index (χ2n) is 3.27. The Balaban J connectivity index is 2.13. The number of carbonyl (C=O) groups excluding carboxylic acids is 1. The monoisotopic (exact) mass is 201 g/mol. The van der Waals surface area contributed by atoms with Gasteiger partial charge < -0.3 is 5.32 Å². The van der Waals surface area contributed by atoms with Crippen LogP contribution in [0.3, 0.4) is 0 Å². The number of imidazole rings is 1. The summed E-state index contributed by atoms with van der Waals surface area (Å²) in [5.74, 6) is 0. The van der Waals surface area contributed by atoms with Gasteiger partial charge >= 0.3 is 6.03 Å². The molecule has 1 aromatic carbocycles. The van der Waals surface area contributed by atoms with E-state index in [2.05, 4.69) is 10.3 Å². The molecule has 0 fully saturated rings. The molecule has 0 atom stereocenters. The molecule has 1 amide bonds. The lowest BCUT2D eigenvalue weighted by atomic mass is 10.2. The lowest BCUT2D eigenvalue weighted by molar-refractivity contribution is 0.253. The molecule has 1 N–H and O–H groups in total. The summed E-state index contributed by atoms with van der Waals surface area (Å²) in [6.45, 7) is 1.98. The lowest BCUT2D eigenvalue weighted by Crippen LogP contribution is -2.17. The summed E-state index contributed by atoms with van der Waals surface area (Å²) >= 11 is 0. The minimum atomic E-state index is -0.210. The zero-order valence-electron chi connectivity index (χ0n) is 8.34. The van der Waals surface area contributed by atoms with Crippen LogP contribution in [0.4, 0.5) is 10.5 Å². The van der Waals surface area contributed by atoms with E-state index in [9.17, 15) is 4.79 Å². The average Bonchev–Trinajstić information content (AvgIpc) is 2.70. The smallest absolute Gasteiger partial charge is 0.307 e. The summed E-state index contributed by atoms with van der Waals surface area (Å²) in [6.07, 6.45) is 4.63. The lowest BCUT2D eigenvalue weighted by Gasteiger charge is -2.05. The fraction of sp³-hybridized carbons (Fsp3) is 0.0909. The zero-order valence-corrected chi connectivity index (χ0v) is 8.34. The predicted molar refractivity (Wildman–Crippen MR) is 57.8 cm³/mol. The van der Waals surface area contributed by atoms with Gasteiger partial charge in [-0.1, -0.05) is 12.1 Å². The van der Waals surface area contributed by atoms with E-state index < -0.39 is 0 Å². The number of nitrogens with one attached hydrogen (secondary N) is 1. The Hall–Kier alpha value is -2.10. The molecular formula is C11H11N3O. The molecule has 0 aliphatic rings. The van der Waals surface area contributed by atoms with Crippen molar-refractivity contribution in [3.63, 3.8) is 0 Å². The molecule has 0 unspecified atom stereocenters. The number of hydrogen-bond donors (Lipinski definition) is 1. The van der Waals surface area contributed by atoms with Crippen molar-refractivity contribution in [3.8, 4) is 0 Å². The van der Waals surface area contributed by atoms with E-state index >= 15 is 0 Å². The van der Waals surface area contributed by atoms with Crippen LogP contribution in [0, 0.1) is 6.92 Å². The summed E-state index contributed by atoms with van der Waals surface area (Å²) in [4.78, 5) is 15.4. The van der Waals surface area contributed by atoms with Crippen molar-refractivity contribution in [1.82, 2.24) is 9.55 Å². The van der Waals surface area contributed by atoms with Gasteiger partial charge in [-0.3, -0.25) is 4.57 Å². The third-order valence-corrected chi connectivity index (χ3v) is 2.01. The van der Waals surface area contributed by atoms with Crippen molar-refractivity contribution in [3.05, 3.63) is 48.5 Å². The highest BCUT2D eigenvalue weighted by atomic mass is 16.2. The Morgan fingerprint density at radius 2 is 2.33 bits per heavy atom. The molecule has 1 aromatic heterocycles. The Labute approximate surface area is 87.6 Å². The number of aryl methyl sites for hydroxylation is 1. The van der Waals surface area contributed by atoms with E-state index in [0.717, 1.165) is 11.3 Å². The van der Waals surface area contributed by atoms with Crippen LogP contribution in [0.1, 0.15) is 5.56 Å². The van der Waals surface area contributed by atoms with E-state index in [4.69, 9.17) is 0 Å². The number of benzene rings is 1. The first-order chi connectivity index (χ1) is 7.25. The number of rotatable bonds is 1. The first kappa shape index (κ1) is 9.45. The molecule has 0 saturated carbocycles. The van der Waals surface area contributed by atoms with Gasteiger partial charge in [0.25, 0.3) is 0 Å². The topological polar surface area (TPSA) is 46.9 Å². The number of nitrogens with zero attached hydrogens (tertiary/aromatic N) is 2. The quantitative estimate of drug-likeness (QED) is 0.769. The maximum Gasteiger partial charge on any atom is 0.331 e. The fourth-order valence-electron chi connectivity index (χ4n) is 1.29. The second kappa shape index (κ2) is 3.96. The fourth-order valence-corrected chi connectivity index (χ4v) is 1.29. The molecule has 2 aromatic rings. The second-order valence-corrected chi connectivity index (χ2v) is 3.27. The van der Waals surface area contributed by atoms with Crippen LogP contribution in [0.15, 0.2) is 43.0 Å². The molecule has 0 aliphatic heterocycles. The largest absolute Gasteiger partial charge is 0.331 e. The number of carbonyl (C=O) groups is 1. The molecule has 0 saturated heterocycles. The van der Waals surface area contributed by atoms with Crippen molar-refractivity contribution in [2.24, 2.45) is 0 Å². The van der Waals surface area contributed by atoms with E-state index in [0.29, 0.717) is 0 Å². The van der Waals surface area contributed by atoms with Crippen molar-refractivity contribution in [1.29, 1.82) is 0 Å². The van der Waals surface area contributed by atoms with Crippen LogP contribution in [0.25, 0.3) is 0 Å². The van der Waals surface area contributed by atoms with Crippen LogP contribution < -0.4 is 5.32 Å². The zero-order chi connectivity index (χ0) is 10.7. The van der Waals surface area contributed by atoms with E-state index in [1.165, 1.54) is 10.9 Å². The molecule has 4 nitrogen and oxygen atoms in total. The average molecular weight is 201 g/mol. The molecule has 0 spiro atoms. The normalized spacial score (nSPS) is 9.93. The van der Waals surface area contributed by atoms with Gasteiger partial charge in [0.15, 0.2) is 0 Å². The minimum Gasteiger partial charge on any atom is -0.307 e. The third-order valence-electron chi connectivity index (χ3n) is 2.01. The highest BCUT2D eigenvalue weighted by molar-refractivity contribution is 5.90. The van der Waals surface area contributed by atoms with Gasteiger partial charge in [0.1, 0.15) is 6.33 Å². The van der Waals surface area contributed by atoms with E-state index in [1.54, 1.807) is 12.4 Å². The van der Waals surface area contributed by atoms with Crippen LogP contribution >= 0.6 is 0 Å². The van der Waals surface area contributed by atoms with Crippen molar-refractivity contribution >= 4 is 11.7 Å². The van der Waals surface area contributed by atoms with Gasteiger partial charge in [0.2, 0.25) is 0 Å². The van der Waals surface area contributed by atoms with Crippen molar-refractivity contribution < 1.29 is 4.79 Å². The van der Waals surface area contributed by atoms with Crippen LogP contribution in [-0.4, -0.2) is 15.6 Å². The van der Waals surface area contributed by atoms with Gasteiger partial charge in [-0.2, -0.15) is 0 Å². The van der Waals surface area contributed by atoms with Gasteiger partial charge in [0, 0.05) is 18.1 Å². The summed E-state index contributed by atoms with van der Waals surface area (Å²) < 4.78 is 1.39. The number of anilines is 1. The standard InChI is InChI=1S/C11H11N3O/c1-9-3-2-4-10(7-9)13-11(15)14-6-5-12-8-14/h2-8H,1H3,(H,13,15). The summed E-state index contributed by atoms with van der Waals surface area (Å²) in [6, 6.07) is 7.43. The van der Waals surface area contributed by atoms with Crippen molar-refractivity contribution in [2.75, 3.05) is 5.32 Å². The van der Waals surface area contributed by atoms with E-state index in [-0.39, 0.29) is 6.03 Å². The minimum absolute atomic E-state index is 0.210. The summed E-state index contributed by atoms with van der Waals surface area (Å²) in [5.41, 5.74) is 1.90. The SMILES string of the molecule is Cc1cccc(NC(=O)n2ccnc2)c1. The Kier molecular flexibility index (Phi) is 2.49. The molecule has 0 bridgehead atoms. The summed E-state index contributed by atoms with van der Waals surface area (Å²) in [7, 11) is 0. The highest BCUT2D eigenvalue weighted by Gasteiger charge is 2.03. The molecule has 2 rings (SSSR count). The van der Waals surface area contributed by atoms with Crippen LogP contribution in [0.2, 0.25) is 0 Å². The highest BCUT2D eigenvalue weighted by Crippen LogP contribution is 2.09. The first-order valence-corrected chi connectivity index (χ1v) is 4.62. The number of amides is 1. The van der Waals surface area contributed by atoms with Gasteiger partial charge in [-0.25, -0.2) is 9.78 Å². The van der Waals surface area contributed by atoms with Gasteiger partial charge in [-0.05, 0) is 24.6 Å². The van der Waals surface area contributed by atoms with Crippen molar-refractivity contribution in [2.45, 2.75) is 6.92 Å². The van der Waals surface area contributed by atoms with Gasteiger partial charge in [0.05, 0.1) is 0 Å². The maximum absolute atomic E-state index is 11.6. The maximum atomic E-state index is 11.6.